The SMILES string of the molecule is Cc1cc(N2CC[C@](C)(c3ccccc3)C2)cn2nc(C(=O)NC3CN(c4cccc(C(O)O)n4)C4(COC4)C3)nc12. The molecule has 1 aromatic carbocycles. The van der Waals surface area contributed by atoms with E-state index in [9.17, 15) is 15.0 Å². The number of amides is 1. The van der Waals surface area contributed by atoms with Gasteiger partial charge in [-0.3, -0.25) is 4.79 Å². The number of hydrogen-bond acceptors (Lipinski definition) is 9. The van der Waals surface area contributed by atoms with Crippen LogP contribution in [0.5, 0.6) is 0 Å². The lowest BCUT2D eigenvalue weighted by molar-refractivity contribution is -0.0527. The van der Waals surface area contributed by atoms with Gasteiger partial charge in [0.05, 0.1) is 36.3 Å². The van der Waals surface area contributed by atoms with Crippen LogP contribution in [-0.4, -0.2) is 80.1 Å². The van der Waals surface area contributed by atoms with Crippen LogP contribution in [0.3, 0.4) is 0 Å². The van der Waals surface area contributed by atoms with Crippen LogP contribution in [0, 0.1) is 6.92 Å². The topological polar surface area (TPSA) is 128 Å². The minimum atomic E-state index is -1.65. The number of fused-ring (bicyclic) bond motifs is 1. The fraction of sp³-hybridized carbons (Fsp3) is 0.419. The summed E-state index contributed by atoms with van der Waals surface area (Å²) in [6, 6.07) is 17.8. The zero-order valence-corrected chi connectivity index (χ0v) is 23.8. The van der Waals surface area contributed by atoms with Crippen LogP contribution in [0.25, 0.3) is 5.65 Å². The van der Waals surface area contributed by atoms with E-state index >= 15 is 0 Å². The highest BCUT2D eigenvalue weighted by atomic mass is 16.5. The zero-order chi connectivity index (χ0) is 29.1. The molecule has 218 valence electrons. The van der Waals surface area contributed by atoms with Crippen LogP contribution in [0.2, 0.25) is 0 Å². The highest BCUT2D eigenvalue weighted by Crippen LogP contribution is 2.39. The molecule has 4 aromatic rings. The number of aryl methyl sites for hydroxylation is 1. The number of rotatable bonds is 6. The minimum absolute atomic E-state index is 0.0737. The molecule has 0 radical (unpaired) electrons. The summed E-state index contributed by atoms with van der Waals surface area (Å²) < 4.78 is 7.28. The first-order valence-electron chi connectivity index (χ1n) is 14.4. The van der Waals surface area contributed by atoms with Gasteiger partial charge in [0.2, 0.25) is 5.82 Å². The molecule has 0 bridgehead atoms. The van der Waals surface area contributed by atoms with Crippen LogP contribution in [0.1, 0.15) is 53.5 Å². The van der Waals surface area contributed by atoms with Gasteiger partial charge < -0.3 is 30.1 Å². The molecule has 2 atom stereocenters. The molecule has 0 aliphatic carbocycles. The summed E-state index contributed by atoms with van der Waals surface area (Å²) in [5.41, 5.74) is 3.99. The predicted molar refractivity (Wildman–Crippen MR) is 157 cm³/mol. The van der Waals surface area contributed by atoms with Crippen molar-refractivity contribution in [2.45, 2.75) is 50.0 Å². The molecule has 1 amide bonds. The van der Waals surface area contributed by atoms with Crippen molar-refractivity contribution in [2.75, 3.05) is 42.6 Å². The maximum absolute atomic E-state index is 13.4. The number of aliphatic hydroxyl groups is 2. The number of nitrogens with zero attached hydrogens (tertiary/aromatic N) is 6. The molecule has 11 nitrogen and oxygen atoms in total. The number of carbonyl (C=O) groups excluding carboxylic acids is 1. The zero-order valence-electron chi connectivity index (χ0n) is 23.8. The van der Waals surface area contributed by atoms with Gasteiger partial charge in [-0.15, -0.1) is 5.10 Å². The number of carbonyl (C=O) groups is 1. The van der Waals surface area contributed by atoms with Crippen LogP contribution in [0.4, 0.5) is 11.5 Å². The van der Waals surface area contributed by atoms with Gasteiger partial charge in [-0.05, 0) is 49.1 Å². The number of nitrogens with one attached hydrogen (secondary N) is 1. The Morgan fingerprint density at radius 2 is 1.93 bits per heavy atom. The van der Waals surface area contributed by atoms with Crippen LogP contribution >= 0.6 is 0 Å². The summed E-state index contributed by atoms with van der Waals surface area (Å²) in [7, 11) is 0. The Kier molecular flexibility index (Phi) is 6.41. The highest BCUT2D eigenvalue weighted by Gasteiger charge is 2.52. The number of anilines is 2. The van der Waals surface area contributed by atoms with Gasteiger partial charge in [0.1, 0.15) is 5.82 Å². The Hall–Kier alpha value is -4.06. The van der Waals surface area contributed by atoms with E-state index in [1.54, 1.807) is 16.6 Å². The Bertz CT molecular complexity index is 1640. The fourth-order valence-corrected chi connectivity index (χ4v) is 6.73. The van der Waals surface area contributed by atoms with E-state index in [1.807, 2.05) is 19.2 Å². The number of aromatic nitrogens is 4. The maximum Gasteiger partial charge on any atom is 0.291 e. The number of benzene rings is 1. The number of aliphatic hydroxyl groups excluding tert-OH is 1. The molecule has 11 heteroatoms. The fourth-order valence-electron chi connectivity index (χ4n) is 6.73. The third kappa shape index (κ3) is 4.57. The highest BCUT2D eigenvalue weighted by molar-refractivity contribution is 5.91. The van der Waals surface area contributed by atoms with Crippen molar-refractivity contribution < 1.29 is 19.7 Å². The lowest BCUT2D eigenvalue weighted by Gasteiger charge is -2.45. The third-order valence-electron chi connectivity index (χ3n) is 9.09. The molecule has 1 spiro atoms. The summed E-state index contributed by atoms with van der Waals surface area (Å²) in [6.07, 6.45) is 2.05. The predicted octanol–water partition coefficient (Wildman–Crippen LogP) is 2.36. The van der Waals surface area contributed by atoms with Crippen molar-refractivity contribution in [1.29, 1.82) is 0 Å². The van der Waals surface area contributed by atoms with Crippen LogP contribution in [-0.2, 0) is 10.2 Å². The van der Waals surface area contributed by atoms with Crippen molar-refractivity contribution in [3.05, 3.63) is 83.4 Å². The minimum Gasteiger partial charge on any atom is -0.376 e. The van der Waals surface area contributed by atoms with E-state index in [0.29, 0.717) is 37.6 Å². The Balaban J connectivity index is 1.08. The molecule has 3 aliphatic rings. The third-order valence-corrected chi connectivity index (χ3v) is 9.09. The van der Waals surface area contributed by atoms with Crippen molar-refractivity contribution in [2.24, 2.45) is 0 Å². The van der Waals surface area contributed by atoms with E-state index in [1.165, 1.54) is 5.56 Å². The maximum atomic E-state index is 13.4. The molecule has 3 aromatic heterocycles. The summed E-state index contributed by atoms with van der Waals surface area (Å²) in [6.45, 7) is 7.71. The molecule has 6 heterocycles. The Morgan fingerprint density at radius 1 is 1.12 bits per heavy atom. The Morgan fingerprint density at radius 3 is 2.67 bits per heavy atom. The van der Waals surface area contributed by atoms with E-state index < -0.39 is 6.29 Å². The Labute approximate surface area is 243 Å². The largest absolute Gasteiger partial charge is 0.376 e. The van der Waals surface area contributed by atoms with E-state index in [4.69, 9.17) is 4.74 Å². The molecular formula is C31H35N7O4. The van der Waals surface area contributed by atoms with Gasteiger partial charge in [-0.2, -0.15) is 0 Å². The lowest BCUT2D eigenvalue weighted by atomic mass is 9.82. The second-order valence-electron chi connectivity index (χ2n) is 12.2. The van der Waals surface area contributed by atoms with Gasteiger partial charge in [0.15, 0.2) is 11.9 Å². The molecule has 3 fully saturated rings. The molecule has 3 saturated heterocycles. The second-order valence-corrected chi connectivity index (χ2v) is 12.2. The molecule has 0 saturated carbocycles. The lowest BCUT2D eigenvalue weighted by Crippen LogP contribution is -2.59. The van der Waals surface area contributed by atoms with Crippen molar-refractivity contribution in [3.63, 3.8) is 0 Å². The van der Waals surface area contributed by atoms with Gasteiger partial charge >= 0.3 is 0 Å². The molecular weight excluding hydrogens is 534 g/mol. The van der Waals surface area contributed by atoms with E-state index in [2.05, 4.69) is 73.5 Å². The van der Waals surface area contributed by atoms with Crippen molar-refractivity contribution >= 4 is 23.1 Å². The smallest absolute Gasteiger partial charge is 0.291 e. The number of hydrogen-bond donors (Lipinski definition) is 3. The molecule has 7 rings (SSSR count). The number of pyridine rings is 2. The molecule has 3 aliphatic heterocycles. The molecule has 3 N–H and O–H groups in total. The van der Waals surface area contributed by atoms with Gasteiger partial charge in [-0.25, -0.2) is 14.5 Å². The van der Waals surface area contributed by atoms with Crippen molar-refractivity contribution in [3.8, 4) is 0 Å². The first-order chi connectivity index (χ1) is 20.2. The number of ether oxygens (including phenoxy) is 1. The standard InChI is InChI=1S/C31H35N7O4/c1-20-13-23(36-12-11-30(2,17-36)21-7-4-3-5-8-21)16-38-27(20)34-26(35-38)28(39)32-22-14-31(18-42-19-31)37(15-22)25-10-6-9-24(33-25)29(40)41/h3-10,13,16,22,29,40-41H,11-12,14-15,17-19H2,1-2H3,(H,32,39)/t22?,30-/m0/s1. The quantitative estimate of drug-likeness (QED) is 0.300. The van der Waals surface area contributed by atoms with E-state index in [-0.39, 0.29) is 34.4 Å². The van der Waals surface area contributed by atoms with E-state index in [0.717, 1.165) is 30.8 Å². The second kappa shape index (κ2) is 10.0. The summed E-state index contributed by atoms with van der Waals surface area (Å²) >= 11 is 0. The summed E-state index contributed by atoms with van der Waals surface area (Å²) in [4.78, 5) is 26.9. The van der Waals surface area contributed by atoms with Gasteiger partial charge in [0.25, 0.3) is 5.91 Å². The summed E-state index contributed by atoms with van der Waals surface area (Å²) in [5.74, 6) is 0.429. The first-order valence-corrected chi connectivity index (χ1v) is 14.4. The first kappa shape index (κ1) is 26.8. The van der Waals surface area contributed by atoms with Crippen LogP contribution in [0.15, 0.2) is 60.8 Å². The average molecular weight is 570 g/mol. The molecule has 1 unspecified atom stereocenters. The average Bonchev–Trinajstić information content (AvgIpc) is 3.69. The monoisotopic (exact) mass is 569 g/mol. The normalized spacial score (nSPS) is 23.2. The summed E-state index contributed by atoms with van der Waals surface area (Å²) in [5, 5.41) is 26.9. The van der Waals surface area contributed by atoms with Gasteiger partial charge in [-0.1, -0.05) is 43.3 Å². The van der Waals surface area contributed by atoms with Gasteiger partial charge in [0, 0.05) is 31.1 Å². The molecule has 42 heavy (non-hydrogen) atoms. The van der Waals surface area contributed by atoms with Crippen molar-refractivity contribution in [1.82, 2.24) is 24.9 Å². The van der Waals surface area contributed by atoms with Crippen LogP contribution < -0.4 is 15.1 Å².